The van der Waals surface area contributed by atoms with Crippen molar-refractivity contribution >= 4 is 34.6 Å². The molecule has 0 fully saturated rings. The van der Waals surface area contributed by atoms with Gasteiger partial charge in [0.25, 0.3) is 0 Å². The van der Waals surface area contributed by atoms with Gasteiger partial charge in [-0.1, -0.05) is 0 Å². The van der Waals surface area contributed by atoms with Crippen LogP contribution >= 0.6 is 0 Å². The third kappa shape index (κ3) is 6.10. The van der Waals surface area contributed by atoms with Crippen LogP contribution in [-0.4, -0.2) is 34.6 Å². The van der Waals surface area contributed by atoms with E-state index in [1.807, 2.05) is 0 Å². The topological polar surface area (TPSA) is 37.0 Å². The van der Waals surface area contributed by atoms with Gasteiger partial charge in [0.05, 0.1) is 0 Å². The number of hydrogen-bond acceptors (Lipinski definition) is 1. The van der Waals surface area contributed by atoms with Gasteiger partial charge in [-0.05, 0) is 0 Å². The molecule has 1 N–H and O–H groups in total. The van der Waals surface area contributed by atoms with E-state index >= 15 is 0 Å². The minimum atomic E-state index is 1.25. The minimum absolute atomic E-state index is 1.25. The molecular formula is C8H10NNaO. The Morgan fingerprint density at radius 3 is 2.09 bits per heavy atom. The summed E-state index contributed by atoms with van der Waals surface area (Å²) in [6.45, 7) is 2.68. The zero-order valence-electron chi connectivity index (χ0n) is 6.71. The Labute approximate surface area is 84.3 Å². The van der Waals surface area contributed by atoms with E-state index < -0.39 is 0 Å². The predicted molar refractivity (Wildman–Crippen MR) is 47.4 cm³/mol. The van der Waals surface area contributed by atoms with E-state index in [0.29, 0.717) is 0 Å². The maximum atomic E-state index is 8.57. The fraction of sp³-hybridized carbons (Fsp3) is 0.125. The molecule has 0 bridgehead atoms. The van der Waals surface area contributed by atoms with Crippen molar-refractivity contribution in [1.29, 1.82) is 0 Å². The van der Waals surface area contributed by atoms with Gasteiger partial charge >= 0.3 is 67.5 Å². The van der Waals surface area contributed by atoms with Gasteiger partial charge in [0.2, 0.25) is 0 Å². The first-order valence-corrected chi connectivity index (χ1v) is 4.94. The molecule has 0 unspecified atom stereocenters. The Morgan fingerprint density at radius 2 is 1.82 bits per heavy atom. The maximum absolute atomic E-state index is 8.57. The van der Waals surface area contributed by atoms with E-state index in [-0.39, 0.29) is 0 Å². The molecule has 0 saturated carbocycles. The van der Waals surface area contributed by atoms with Crippen molar-refractivity contribution in [3.05, 3.63) is 41.1 Å². The number of rotatable bonds is 1. The standard InChI is InChI=1S/C7H7.CH3NO.Na/c1-7-5-3-2-4-6-7;1-2-3;/h2-6H,1H2;2H,1H2;. The summed E-state index contributed by atoms with van der Waals surface area (Å²) < 4.78 is 1.28. The van der Waals surface area contributed by atoms with Crippen LogP contribution in [0.5, 0.6) is 0 Å². The molecule has 0 spiro atoms. The van der Waals surface area contributed by atoms with Crippen LogP contribution in [0.2, 0.25) is 0 Å². The van der Waals surface area contributed by atoms with Gasteiger partial charge in [0.1, 0.15) is 6.72 Å². The molecule has 0 saturated heterocycles. The number of nitrogens with one attached hydrogen (secondary N) is 1. The summed E-state index contributed by atoms with van der Waals surface area (Å²) in [5.74, 6) is 0. The van der Waals surface area contributed by atoms with Crippen molar-refractivity contribution in [3.8, 4) is 0 Å². The zero-order valence-corrected chi connectivity index (χ0v) is 8.71. The molecule has 1 rings (SSSR count). The molecular weight excluding hydrogens is 149 g/mol. The Morgan fingerprint density at radius 1 is 1.36 bits per heavy atom. The second-order valence-electron chi connectivity index (χ2n) is 1.98. The summed E-state index contributed by atoms with van der Waals surface area (Å²) in [7, 11) is 0. The van der Waals surface area contributed by atoms with E-state index in [2.05, 4.69) is 37.0 Å². The van der Waals surface area contributed by atoms with Crippen molar-refractivity contribution in [2.24, 2.45) is 0 Å². The summed E-state index contributed by atoms with van der Waals surface area (Å²) in [5.41, 5.74) is 1.47. The second kappa shape index (κ2) is 7.79. The first-order chi connectivity index (χ1) is 5.35. The van der Waals surface area contributed by atoms with Crippen LogP contribution in [0.4, 0.5) is 0 Å². The van der Waals surface area contributed by atoms with Crippen molar-refractivity contribution < 1.29 is 5.16 Å². The fourth-order valence-electron chi connectivity index (χ4n) is 0.714. The van der Waals surface area contributed by atoms with E-state index in [4.69, 9.17) is 5.21 Å². The Bertz CT molecular complexity index is 189. The van der Waals surface area contributed by atoms with Crippen LogP contribution in [0.25, 0.3) is 0 Å². The normalized spacial score (nSPS) is 7.82. The number of hydrogen-bond donors (Lipinski definition) is 1. The van der Waals surface area contributed by atoms with E-state index in [9.17, 15) is 0 Å². The quantitative estimate of drug-likeness (QED) is 0.258. The first kappa shape index (κ1) is 10.7. The summed E-state index contributed by atoms with van der Waals surface area (Å²) in [4.78, 5) is 0. The number of benzene rings is 1. The monoisotopic (exact) mass is 159 g/mol. The van der Waals surface area contributed by atoms with Gasteiger partial charge in [-0.3, -0.25) is 0 Å². The summed E-state index contributed by atoms with van der Waals surface area (Å²) in [6.07, 6.45) is 0. The third-order valence-electron chi connectivity index (χ3n) is 1.25. The fourth-order valence-corrected chi connectivity index (χ4v) is 1.19. The Balaban J connectivity index is 0.000000292. The average Bonchev–Trinajstić information content (AvgIpc) is 2.08. The molecule has 3 heteroatoms. The molecule has 0 atom stereocenters. The van der Waals surface area contributed by atoms with Crippen LogP contribution in [0.15, 0.2) is 30.3 Å². The van der Waals surface area contributed by atoms with Crippen molar-refractivity contribution in [1.82, 2.24) is 0 Å². The molecule has 1 aromatic rings. The van der Waals surface area contributed by atoms with Gasteiger partial charge < -0.3 is 5.21 Å². The molecule has 1 aromatic carbocycles. The molecule has 0 heterocycles. The molecule has 54 valence electrons. The molecule has 0 radical (unpaired) electrons. The van der Waals surface area contributed by atoms with E-state index in [0.717, 1.165) is 0 Å². The molecule has 0 aliphatic rings. The van der Waals surface area contributed by atoms with Crippen LogP contribution in [0.1, 0.15) is 5.56 Å². The van der Waals surface area contributed by atoms with E-state index in [1.54, 1.807) is 0 Å². The summed E-state index contributed by atoms with van der Waals surface area (Å²) in [6, 6.07) is 10.6. The van der Waals surface area contributed by atoms with Crippen LogP contribution in [0.3, 0.4) is 0 Å². The third-order valence-corrected chi connectivity index (χ3v) is 2.07. The zero-order chi connectivity index (χ0) is 8.53. The van der Waals surface area contributed by atoms with Crippen molar-refractivity contribution in [3.63, 3.8) is 0 Å². The molecule has 2 nitrogen and oxygen atoms in total. The molecule has 0 aromatic heterocycles. The van der Waals surface area contributed by atoms with Gasteiger partial charge in [0.15, 0.2) is 0 Å². The van der Waals surface area contributed by atoms with Gasteiger partial charge in [-0.2, -0.15) is 0 Å². The predicted octanol–water partition coefficient (Wildman–Crippen LogP) is -0.379. The first-order valence-electron chi connectivity index (χ1n) is 3.53. The van der Waals surface area contributed by atoms with Crippen molar-refractivity contribution in [2.75, 3.05) is 0 Å². The van der Waals surface area contributed by atoms with E-state index in [1.165, 1.54) is 42.3 Å². The van der Waals surface area contributed by atoms with Gasteiger partial charge in [-0.15, -0.1) is 0 Å². The van der Waals surface area contributed by atoms with Crippen LogP contribution in [0, 0.1) is 5.21 Å². The van der Waals surface area contributed by atoms with Gasteiger partial charge in [-0.25, -0.2) is 5.16 Å². The Kier molecular flexibility index (Phi) is 7.57. The van der Waals surface area contributed by atoms with Crippen LogP contribution in [-0.2, 0) is 3.67 Å². The molecule has 0 amide bonds. The average molecular weight is 159 g/mol. The second-order valence-corrected chi connectivity index (χ2v) is 2.69. The Hall–Kier alpha value is -0.310. The summed E-state index contributed by atoms with van der Waals surface area (Å²) >= 11 is 1.28. The van der Waals surface area contributed by atoms with Gasteiger partial charge in [0, 0.05) is 0 Å². The van der Waals surface area contributed by atoms with Crippen LogP contribution < -0.4 is 5.16 Å². The SMILES string of the molecule is C=[NH+][O-].[Na][CH2]c1ccccc1. The molecule has 0 aliphatic carbocycles. The molecule has 11 heavy (non-hydrogen) atoms. The summed E-state index contributed by atoms with van der Waals surface area (Å²) in [5, 5.41) is 9.82. The van der Waals surface area contributed by atoms with Crippen molar-refractivity contribution in [2.45, 2.75) is 3.67 Å². The molecule has 0 aliphatic heterocycles.